The average Bonchev–Trinajstić information content (AvgIpc) is 2.20. The Morgan fingerprint density at radius 2 is 2.06 bits per heavy atom. The van der Waals surface area contributed by atoms with Crippen LogP contribution >= 0.6 is 11.6 Å². The zero-order valence-corrected chi connectivity index (χ0v) is 10.0. The monoisotopic (exact) mass is 259 g/mol. The maximum atomic E-state index is 13.0. The smallest absolute Gasteiger partial charge is 0.333 e. The van der Waals surface area contributed by atoms with Crippen LogP contribution in [0.15, 0.2) is 18.2 Å². The summed E-state index contributed by atoms with van der Waals surface area (Å²) in [7, 11) is 0. The molecule has 1 aromatic carbocycles. The third-order valence-electron chi connectivity index (χ3n) is 2.35. The van der Waals surface area contributed by atoms with E-state index in [2.05, 4.69) is 5.32 Å². The van der Waals surface area contributed by atoms with E-state index < -0.39 is 23.2 Å². The minimum atomic E-state index is -1.64. The molecule has 0 aliphatic rings. The first-order valence-electron chi connectivity index (χ1n) is 4.75. The van der Waals surface area contributed by atoms with Gasteiger partial charge >= 0.3 is 5.97 Å². The molecule has 1 atom stereocenters. The van der Waals surface area contributed by atoms with Crippen LogP contribution in [-0.2, 0) is 15.1 Å². The Morgan fingerprint density at radius 3 is 2.47 bits per heavy atom. The van der Waals surface area contributed by atoms with Gasteiger partial charge in [0.2, 0.25) is 5.91 Å². The van der Waals surface area contributed by atoms with Gasteiger partial charge in [0.25, 0.3) is 0 Å². The van der Waals surface area contributed by atoms with Crippen molar-refractivity contribution in [3.05, 3.63) is 34.6 Å². The SMILES string of the molecule is CC(=O)NC(C)(C(=O)O)c1ccc(F)c(Cl)c1. The van der Waals surface area contributed by atoms with E-state index in [0.717, 1.165) is 6.07 Å². The molecule has 1 unspecified atom stereocenters. The number of carbonyl (C=O) groups is 2. The summed E-state index contributed by atoms with van der Waals surface area (Å²) < 4.78 is 13.0. The highest BCUT2D eigenvalue weighted by Crippen LogP contribution is 2.25. The van der Waals surface area contributed by atoms with Crippen molar-refractivity contribution in [2.75, 3.05) is 0 Å². The molecule has 1 amide bonds. The van der Waals surface area contributed by atoms with Crippen LogP contribution in [0, 0.1) is 5.82 Å². The summed E-state index contributed by atoms with van der Waals surface area (Å²) in [6.45, 7) is 2.51. The van der Waals surface area contributed by atoms with Crippen molar-refractivity contribution in [3.63, 3.8) is 0 Å². The molecule has 0 aliphatic carbocycles. The molecule has 0 fully saturated rings. The Kier molecular flexibility index (Phi) is 3.72. The Bertz CT molecular complexity index is 478. The van der Waals surface area contributed by atoms with Gasteiger partial charge in [-0.15, -0.1) is 0 Å². The third kappa shape index (κ3) is 2.74. The minimum Gasteiger partial charge on any atom is -0.479 e. The van der Waals surface area contributed by atoms with Gasteiger partial charge in [0.15, 0.2) is 5.54 Å². The van der Waals surface area contributed by atoms with Crippen LogP contribution in [0.2, 0.25) is 5.02 Å². The van der Waals surface area contributed by atoms with Gasteiger partial charge in [-0.25, -0.2) is 9.18 Å². The molecule has 2 N–H and O–H groups in total. The molecule has 1 aromatic rings. The highest BCUT2D eigenvalue weighted by molar-refractivity contribution is 6.30. The second-order valence-corrected chi connectivity index (χ2v) is 4.15. The average molecular weight is 260 g/mol. The van der Waals surface area contributed by atoms with Gasteiger partial charge in [-0.05, 0) is 24.6 Å². The molecule has 0 radical (unpaired) electrons. The van der Waals surface area contributed by atoms with Crippen molar-refractivity contribution in [2.45, 2.75) is 19.4 Å². The number of rotatable bonds is 3. The molecule has 0 spiro atoms. The summed E-state index contributed by atoms with van der Waals surface area (Å²) in [5, 5.41) is 11.2. The van der Waals surface area contributed by atoms with Crippen LogP contribution in [0.25, 0.3) is 0 Å². The highest BCUT2D eigenvalue weighted by Gasteiger charge is 2.36. The minimum absolute atomic E-state index is 0.194. The lowest BCUT2D eigenvalue weighted by atomic mass is 9.92. The lowest BCUT2D eigenvalue weighted by molar-refractivity contribution is -0.147. The van der Waals surface area contributed by atoms with Crippen molar-refractivity contribution in [1.82, 2.24) is 5.32 Å². The number of carbonyl (C=O) groups excluding carboxylic acids is 1. The number of halogens is 2. The first kappa shape index (κ1) is 13.4. The zero-order chi connectivity index (χ0) is 13.2. The van der Waals surface area contributed by atoms with Gasteiger partial charge in [-0.1, -0.05) is 17.7 Å². The highest BCUT2D eigenvalue weighted by atomic mass is 35.5. The lowest BCUT2D eigenvalue weighted by Crippen LogP contribution is -2.48. The van der Waals surface area contributed by atoms with Gasteiger partial charge < -0.3 is 10.4 Å². The molecule has 6 heteroatoms. The number of carboxylic acids is 1. The molecule has 0 bridgehead atoms. The summed E-state index contributed by atoms with van der Waals surface area (Å²) >= 11 is 5.58. The lowest BCUT2D eigenvalue weighted by Gasteiger charge is -2.26. The third-order valence-corrected chi connectivity index (χ3v) is 2.64. The van der Waals surface area contributed by atoms with Crippen LogP contribution in [-0.4, -0.2) is 17.0 Å². The fourth-order valence-corrected chi connectivity index (χ4v) is 1.59. The molecule has 0 heterocycles. The van der Waals surface area contributed by atoms with E-state index in [9.17, 15) is 14.0 Å². The molecule has 0 aliphatic heterocycles. The van der Waals surface area contributed by atoms with Crippen molar-refractivity contribution in [3.8, 4) is 0 Å². The second-order valence-electron chi connectivity index (χ2n) is 3.74. The predicted molar refractivity (Wildman–Crippen MR) is 60.2 cm³/mol. The molecular formula is C11H11ClFNO3. The van der Waals surface area contributed by atoms with E-state index in [0.29, 0.717) is 0 Å². The molecule has 0 aromatic heterocycles. The van der Waals surface area contributed by atoms with Gasteiger partial charge in [0, 0.05) is 6.92 Å². The molecule has 1 rings (SSSR count). The van der Waals surface area contributed by atoms with E-state index in [-0.39, 0.29) is 10.6 Å². The van der Waals surface area contributed by atoms with Gasteiger partial charge in [0.05, 0.1) is 5.02 Å². The van der Waals surface area contributed by atoms with E-state index >= 15 is 0 Å². The molecule has 4 nitrogen and oxygen atoms in total. The maximum Gasteiger partial charge on any atom is 0.333 e. The van der Waals surface area contributed by atoms with Crippen molar-refractivity contribution in [1.29, 1.82) is 0 Å². The van der Waals surface area contributed by atoms with E-state index in [4.69, 9.17) is 16.7 Å². The Labute approximate surface area is 102 Å². The fourth-order valence-electron chi connectivity index (χ4n) is 1.41. The van der Waals surface area contributed by atoms with Gasteiger partial charge in [-0.2, -0.15) is 0 Å². The van der Waals surface area contributed by atoms with Crippen LogP contribution in [0.4, 0.5) is 4.39 Å². The first-order chi connectivity index (χ1) is 7.77. The number of nitrogens with one attached hydrogen (secondary N) is 1. The zero-order valence-electron chi connectivity index (χ0n) is 9.25. The van der Waals surface area contributed by atoms with Crippen LogP contribution in [0.3, 0.4) is 0 Å². The van der Waals surface area contributed by atoms with Crippen molar-refractivity contribution >= 4 is 23.5 Å². The summed E-state index contributed by atoms with van der Waals surface area (Å²) in [5.74, 6) is -2.41. The Balaban J connectivity index is 3.27. The largest absolute Gasteiger partial charge is 0.479 e. The van der Waals surface area contributed by atoms with E-state index in [1.54, 1.807) is 0 Å². The summed E-state index contributed by atoms with van der Waals surface area (Å²) in [6.07, 6.45) is 0. The van der Waals surface area contributed by atoms with Crippen LogP contribution < -0.4 is 5.32 Å². The number of hydrogen-bond donors (Lipinski definition) is 2. The number of benzene rings is 1. The number of aliphatic carboxylic acids is 1. The number of amides is 1. The topological polar surface area (TPSA) is 66.4 Å². The van der Waals surface area contributed by atoms with E-state index in [1.807, 2.05) is 0 Å². The number of carboxylic acid groups (broad SMARTS) is 1. The molecule has 0 saturated carbocycles. The van der Waals surface area contributed by atoms with Gasteiger partial charge in [0.1, 0.15) is 5.82 Å². The second kappa shape index (κ2) is 4.71. The normalized spacial score (nSPS) is 13.9. The molecule has 0 saturated heterocycles. The number of hydrogen-bond acceptors (Lipinski definition) is 2. The summed E-state index contributed by atoms with van der Waals surface area (Å²) in [6, 6.07) is 3.51. The Hall–Kier alpha value is -1.62. The van der Waals surface area contributed by atoms with Crippen molar-refractivity contribution in [2.24, 2.45) is 0 Å². The summed E-state index contributed by atoms with van der Waals surface area (Å²) in [4.78, 5) is 22.2. The summed E-state index contributed by atoms with van der Waals surface area (Å²) in [5.41, 5.74) is -1.44. The quantitative estimate of drug-likeness (QED) is 0.871. The molecular weight excluding hydrogens is 249 g/mol. The molecule has 17 heavy (non-hydrogen) atoms. The fraction of sp³-hybridized carbons (Fsp3) is 0.273. The van der Waals surface area contributed by atoms with Gasteiger partial charge in [-0.3, -0.25) is 4.79 Å². The standard InChI is InChI=1S/C11H11ClFNO3/c1-6(15)14-11(2,10(16)17)7-3-4-9(13)8(12)5-7/h3-5H,1-2H3,(H,14,15)(H,16,17). The first-order valence-corrected chi connectivity index (χ1v) is 5.13. The maximum absolute atomic E-state index is 13.0. The van der Waals surface area contributed by atoms with E-state index in [1.165, 1.54) is 26.0 Å². The predicted octanol–water partition coefficient (Wildman–Crippen LogP) is 1.92. The van der Waals surface area contributed by atoms with Crippen molar-refractivity contribution < 1.29 is 19.1 Å². The van der Waals surface area contributed by atoms with Crippen LogP contribution in [0.5, 0.6) is 0 Å². The Morgan fingerprint density at radius 1 is 1.47 bits per heavy atom. The van der Waals surface area contributed by atoms with Crippen LogP contribution in [0.1, 0.15) is 19.4 Å². The molecule has 92 valence electrons.